The third-order valence-corrected chi connectivity index (χ3v) is 2.89. The van der Waals surface area contributed by atoms with Gasteiger partial charge in [-0.2, -0.15) is 5.70 Å². The Morgan fingerprint density at radius 3 is 1.64 bits per heavy atom. The van der Waals surface area contributed by atoms with E-state index >= 15 is 0 Å². The van der Waals surface area contributed by atoms with Crippen molar-refractivity contribution in [1.29, 1.82) is 0 Å². The zero-order chi connectivity index (χ0) is 19.1. The molecule has 0 aromatic rings. The van der Waals surface area contributed by atoms with E-state index in [0.717, 1.165) is 19.5 Å². The molecule has 0 bridgehead atoms. The molecule has 2 N–H and O–H groups in total. The van der Waals surface area contributed by atoms with Crippen molar-refractivity contribution in [2.24, 2.45) is 0 Å². The fraction of sp³-hybridized carbons (Fsp3) is 0.667. The minimum Gasteiger partial charge on any atom is -0.682 e. The molecule has 0 saturated carbocycles. The van der Waals surface area contributed by atoms with E-state index < -0.39 is 11.9 Å². The van der Waals surface area contributed by atoms with Gasteiger partial charge in [-0.3, -0.25) is 9.59 Å². The van der Waals surface area contributed by atoms with Crippen LogP contribution in [0.3, 0.4) is 0 Å². The van der Waals surface area contributed by atoms with Crippen LogP contribution in [0.4, 0.5) is 0 Å². The van der Waals surface area contributed by atoms with Gasteiger partial charge in [0, 0.05) is 13.8 Å². The Bertz CT molecular complexity index is 397. The van der Waals surface area contributed by atoms with E-state index in [4.69, 9.17) is 19.8 Å². The molecule has 1 fully saturated rings. The third kappa shape index (κ3) is 27.8. The molecule has 7 heteroatoms. The first kappa shape index (κ1) is 28.5. The molecule has 1 radical (unpaired) electrons. The minimum absolute atomic E-state index is 0. The van der Waals surface area contributed by atoms with Crippen LogP contribution in [0, 0.1) is 0 Å². The summed E-state index contributed by atoms with van der Waals surface area (Å²) >= 11 is 0. The quantitative estimate of drug-likeness (QED) is 0.571. The Labute approximate surface area is 162 Å². The first-order valence-electron chi connectivity index (χ1n) is 8.19. The van der Waals surface area contributed by atoms with E-state index in [1.807, 2.05) is 19.1 Å². The van der Waals surface area contributed by atoms with Gasteiger partial charge < -0.3 is 20.8 Å². The van der Waals surface area contributed by atoms with Gasteiger partial charge in [0.15, 0.2) is 0 Å². The predicted molar refractivity (Wildman–Crippen MR) is 98.5 cm³/mol. The fourth-order valence-corrected chi connectivity index (χ4v) is 2.06. The summed E-state index contributed by atoms with van der Waals surface area (Å²) in [6.45, 7) is 10.7. The molecule has 2 heterocycles. The van der Waals surface area contributed by atoms with Crippen molar-refractivity contribution < 1.29 is 36.9 Å². The normalized spacial score (nSPS) is 23.3. The second-order valence-electron chi connectivity index (χ2n) is 5.88. The van der Waals surface area contributed by atoms with Gasteiger partial charge in [-0.25, -0.2) is 0 Å². The molecule has 0 aliphatic carbocycles. The molecule has 0 amide bonds. The molecule has 0 aromatic heterocycles. The van der Waals surface area contributed by atoms with Crippen LogP contribution >= 0.6 is 0 Å². The Kier molecular flexibility index (Phi) is 20.0. The molecule has 3 atom stereocenters. The van der Waals surface area contributed by atoms with Gasteiger partial charge in [0.1, 0.15) is 0 Å². The largest absolute Gasteiger partial charge is 2.00 e. The van der Waals surface area contributed by atoms with E-state index in [-0.39, 0.29) is 17.1 Å². The monoisotopic (exact) mass is 403 g/mol. The number of piperidine rings is 1. The molecular weight excluding hydrogens is 372 g/mol. The summed E-state index contributed by atoms with van der Waals surface area (Å²) in [5.74, 6) is -1.67. The van der Waals surface area contributed by atoms with Crippen LogP contribution < -0.4 is 0 Å². The summed E-state index contributed by atoms with van der Waals surface area (Å²) in [4.78, 5) is 18.0. The van der Waals surface area contributed by atoms with E-state index in [2.05, 4.69) is 37.5 Å². The van der Waals surface area contributed by atoms with Crippen LogP contribution in [0.2, 0.25) is 0 Å². The van der Waals surface area contributed by atoms with Gasteiger partial charge in [0.25, 0.3) is 11.9 Å². The summed E-state index contributed by atoms with van der Waals surface area (Å²) < 4.78 is 0. The molecule has 2 aliphatic rings. The third-order valence-electron chi connectivity index (χ3n) is 2.89. The number of allylic oxidation sites excluding steroid dienone is 3. The molecule has 0 aromatic carbocycles. The average molecular weight is 404 g/mol. The standard InChI is InChI=1S/C7H14N.C7H10N.2C2H4O2.Cu/c2*1-6-4-3-5-7(2)8-6;2*1-2(3)4;/h6-7H,3-5H2,1-2H3;3-6H,1-2H3;2*1H3,(H,3,4);/q2*-1;;;+2. The summed E-state index contributed by atoms with van der Waals surface area (Å²) in [5.41, 5.74) is 1.13. The van der Waals surface area contributed by atoms with Gasteiger partial charge in [0.05, 0.1) is 0 Å². The van der Waals surface area contributed by atoms with Crippen molar-refractivity contribution in [2.45, 2.75) is 78.9 Å². The second kappa shape index (κ2) is 17.5. The van der Waals surface area contributed by atoms with Crippen molar-refractivity contribution in [3.8, 4) is 0 Å². The number of rotatable bonds is 0. The molecule has 1 saturated heterocycles. The van der Waals surface area contributed by atoms with Crippen molar-refractivity contribution in [3.63, 3.8) is 0 Å². The maximum Gasteiger partial charge on any atom is 2.00 e. The zero-order valence-electron chi connectivity index (χ0n) is 16.0. The van der Waals surface area contributed by atoms with Crippen molar-refractivity contribution >= 4 is 11.9 Å². The van der Waals surface area contributed by atoms with Crippen molar-refractivity contribution in [3.05, 3.63) is 34.6 Å². The summed E-state index contributed by atoms with van der Waals surface area (Å²) in [5, 5.41) is 23.6. The molecule has 3 unspecified atom stereocenters. The number of nitrogens with zero attached hydrogens (tertiary/aromatic N) is 2. The van der Waals surface area contributed by atoms with E-state index in [1.165, 1.54) is 19.3 Å². The van der Waals surface area contributed by atoms with Gasteiger partial charge in [-0.05, 0) is 0 Å². The van der Waals surface area contributed by atoms with E-state index in [1.54, 1.807) is 0 Å². The van der Waals surface area contributed by atoms with Gasteiger partial charge in [0.2, 0.25) is 0 Å². The van der Waals surface area contributed by atoms with E-state index in [9.17, 15) is 0 Å². The SMILES string of the molecule is CC(=O)O.CC(=O)O.CC1=CC=CC(C)[N-]1.CC1CCCC(C)[N-]1.[Cu+2]. The van der Waals surface area contributed by atoms with Gasteiger partial charge in [-0.15, -0.1) is 18.1 Å². The van der Waals surface area contributed by atoms with Gasteiger partial charge >= 0.3 is 17.1 Å². The average Bonchev–Trinajstić information content (AvgIpc) is 2.37. The van der Waals surface area contributed by atoms with E-state index in [0.29, 0.717) is 18.1 Å². The first-order chi connectivity index (χ1) is 11.0. The molecule has 2 rings (SSSR count). The molecule has 6 nitrogen and oxygen atoms in total. The zero-order valence-corrected chi connectivity index (χ0v) is 16.9. The maximum atomic E-state index is 9.00. The van der Waals surface area contributed by atoms with Gasteiger partial charge in [-0.1, -0.05) is 65.2 Å². The van der Waals surface area contributed by atoms with Crippen LogP contribution in [0.15, 0.2) is 23.9 Å². The first-order valence-corrected chi connectivity index (χ1v) is 8.19. The van der Waals surface area contributed by atoms with Crippen molar-refractivity contribution in [2.75, 3.05) is 0 Å². The summed E-state index contributed by atoms with van der Waals surface area (Å²) in [6.07, 6.45) is 10.1. The van der Waals surface area contributed by atoms with Crippen LogP contribution in [0.5, 0.6) is 0 Å². The molecule has 25 heavy (non-hydrogen) atoms. The summed E-state index contributed by atoms with van der Waals surface area (Å²) in [7, 11) is 0. The smallest absolute Gasteiger partial charge is 0.682 e. The van der Waals surface area contributed by atoms with Crippen LogP contribution in [0.25, 0.3) is 10.6 Å². The maximum absolute atomic E-state index is 9.00. The number of carboxylic acids is 2. The fourth-order valence-electron chi connectivity index (χ4n) is 2.06. The Morgan fingerprint density at radius 2 is 1.44 bits per heavy atom. The number of carboxylic acid groups (broad SMARTS) is 2. The van der Waals surface area contributed by atoms with Crippen molar-refractivity contribution in [1.82, 2.24) is 0 Å². The number of aliphatic carboxylic acids is 2. The Balaban J connectivity index is -0.000000270. The number of hydrogen-bond donors (Lipinski definition) is 2. The Morgan fingerprint density at radius 1 is 1.04 bits per heavy atom. The predicted octanol–water partition coefficient (Wildman–Crippen LogP) is 4.72. The van der Waals surface area contributed by atoms with Crippen LogP contribution in [0.1, 0.15) is 60.8 Å². The Hall–Kier alpha value is -1.30. The minimum atomic E-state index is -0.833. The summed E-state index contributed by atoms with van der Waals surface area (Å²) in [6, 6.07) is 1.66. The molecule has 2 aliphatic heterocycles. The second-order valence-corrected chi connectivity index (χ2v) is 5.88. The number of hydrogen-bond acceptors (Lipinski definition) is 2. The van der Waals surface area contributed by atoms with Crippen LogP contribution in [-0.2, 0) is 26.7 Å². The van der Waals surface area contributed by atoms with Crippen LogP contribution in [-0.4, -0.2) is 40.3 Å². The molecule has 149 valence electrons. The topological polar surface area (TPSA) is 103 Å². The number of carbonyl (C=O) groups is 2. The molecular formula is C18H32CuN2O4. The molecule has 0 spiro atoms.